The van der Waals surface area contributed by atoms with Gasteiger partial charge in [0.25, 0.3) is 5.69 Å². The summed E-state index contributed by atoms with van der Waals surface area (Å²) in [6.45, 7) is 0.402. The molecule has 0 saturated heterocycles. The minimum Gasteiger partial charge on any atom is -0.493 e. The first-order valence-electron chi connectivity index (χ1n) is 8.92. The molecule has 3 aromatic carbocycles. The number of hydrogen-bond donors (Lipinski definition) is 0. The van der Waals surface area contributed by atoms with Crippen LogP contribution in [-0.2, 0) is 6.61 Å². The highest BCUT2D eigenvalue weighted by Gasteiger charge is 2.13. The van der Waals surface area contributed by atoms with E-state index in [4.69, 9.17) is 9.47 Å². The second kappa shape index (κ2) is 9.89. The predicted molar refractivity (Wildman–Crippen MR) is 123 cm³/mol. The number of allylic oxidation sites excluding steroid dienone is 1. The molecule has 0 aliphatic rings. The molecule has 0 N–H and O–H groups in total. The molecule has 0 atom stereocenters. The summed E-state index contributed by atoms with van der Waals surface area (Å²) in [4.78, 5) is 10.5. The van der Waals surface area contributed by atoms with Gasteiger partial charge >= 0.3 is 0 Å². The van der Waals surface area contributed by atoms with Gasteiger partial charge < -0.3 is 9.47 Å². The summed E-state index contributed by atoms with van der Waals surface area (Å²) in [7, 11) is 1.56. The molecule has 0 bridgehead atoms. The van der Waals surface area contributed by atoms with Crippen molar-refractivity contribution >= 4 is 39.9 Å². The van der Waals surface area contributed by atoms with Gasteiger partial charge in [-0.15, -0.1) is 0 Å². The Kier molecular flexibility index (Phi) is 7.03. The average molecular weight is 512 g/mol. The quantitative estimate of drug-likeness (QED) is 0.130. The zero-order valence-corrected chi connectivity index (χ0v) is 18.2. The molecule has 0 amide bonds. The average Bonchev–Trinajstić information content (AvgIpc) is 2.77. The van der Waals surface area contributed by atoms with E-state index in [0.717, 1.165) is 14.7 Å². The van der Waals surface area contributed by atoms with E-state index in [2.05, 4.69) is 28.7 Å². The number of nitro groups is 1. The van der Waals surface area contributed by atoms with Crippen LogP contribution in [-0.4, -0.2) is 12.0 Å². The van der Waals surface area contributed by atoms with E-state index in [-0.39, 0.29) is 5.69 Å². The maximum Gasteiger partial charge on any atom is 0.270 e. The number of hydrogen-bond acceptors (Lipinski definition) is 5. The van der Waals surface area contributed by atoms with Crippen molar-refractivity contribution in [1.29, 1.82) is 5.26 Å². The molecule has 0 fully saturated rings. The number of ether oxygens (including phenoxy) is 2. The molecule has 0 spiro atoms. The van der Waals surface area contributed by atoms with Gasteiger partial charge in [0, 0.05) is 12.1 Å². The summed E-state index contributed by atoms with van der Waals surface area (Å²) < 4.78 is 12.3. The van der Waals surface area contributed by atoms with Crippen molar-refractivity contribution in [2.24, 2.45) is 0 Å². The van der Waals surface area contributed by atoms with E-state index in [1.54, 1.807) is 31.4 Å². The molecular formula is C23H17IN2O4. The zero-order valence-electron chi connectivity index (χ0n) is 16.0. The molecule has 0 aromatic heterocycles. The summed E-state index contributed by atoms with van der Waals surface area (Å²) in [5, 5.41) is 20.6. The second-order valence-corrected chi connectivity index (χ2v) is 7.45. The van der Waals surface area contributed by atoms with Crippen molar-refractivity contribution in [3.8, 4) is 17.6 Å². The molecule has 30 heavy (non-hydrogen) atoms. The van der Waals surface area contributed by atoms with Crippen molar-refractivity contribution < 1.29 is 14.4 Å². The fraction of sp³-hybridized carbons (Fsp3) is 0.0870. The highest BCUT2D eigenvalue weighted by atomic mass is 127. The number of nitro benzene ring substituents is 1. The third-order valence-corrected chi connectivity index (χ3v) is 5.08. The molecule has 0 unspecified atom stereocenters. The number of halogens is 1. The highest BCUT2D eigenvalue weighted by molar-refractivity contribution is 14.1. The normalized spacial score (nSPS) is 10.9. The molecule has 7 heteroatoms. The number of methoxy groups -OCH3 is 1. The van der Waals surface area contributed by atoms with Crippen LogP contribution in [0.15, 0.2) is 66.7 Å². The zero-order chi connectivity index (χ0) is 21.5. The Morgan fingerprint density at radius 1 is 1.17 bits per heavy atom. The molecule has 3 rings (SSSR count). The Hall–Kier alpha value is -3.38. The van der Waals surface area contributed by atoms with Gasteiger partial charge in [0.1, 0.15) is 6.61 Å². The van der Waals surface area contributed by atoms with Gasteiger partial charge in [-0.2, -0.15) is 5.26 Å². The lowest BCUT2D eigenvalue weighted by Gasteiger charge is -2.14. The third kappa shape index (κ3) is 5.15. The molecule has 150 valence electrons. The predicted octanol–water partition coefficient (Wildman–Crippen LogP) is 5.85. The van der Waals surface area contributed by atoms with E-state index in [0.29, 0.717) is 29.2 Å². The van der Waals surface area contributed by atoms with Crippen molar-refractivity contribution in [2.75, 3.05) is 7.11 Å². The fourth-order valence-electron chi connectivity index (χ4n) is 2.83. The van der Waals surface area contributed by atoms with Crippen LogP contribution < -0.4 is 9.47 Å². The van der Waals surface area contributed by atoms with Gasteiger partial charge in [-0.1, -0.05) is 42.5 Å². The lowest BCUT2D eigenvalue weighted by molar-refractivity contribution is -0.384. The van der Waals surface area contributed by atoms with Crippen LogP contribution in [0.4, 0.5) is 5.69 Å². The fourth-order valence-corrected chi connectivity index (χ4v) is 3.61. The highest BCUT2D eigenvalue weighted by Crippen LogP contribution is 2.35. The van der Waals surface area contributed by atoms with Crippen LogP contribution in [0.5, 0.6) is 11.5 Å². The smallest absolute Gasteiger partial charge is 0.270 e. The first kappa shape index (κ1) is 21.3. The van der Waals surface area contributed by atoms with Crippen LogP contribution in [0.2, 0.25) is 0 Å². The van der Waals surface area contributed by atoms with E-state index in [9.17, 15) is 15.4 Å². The van der Waals surface area contributed by atoms with Crippen LogP contribution in [0.3, 0.4) is 0 Å². The molecule has 3 aromatic rings. The van der Waals surface area contributed by atoms with Crippen molar-refractivity contribution in [3.63, 3.8) is 0 Å². The Morgan fingerprint density at radius 3 is 2.60 bits per heavy atom. The Bertz CT molecular complexity index is 1140. The van der Waals surface area contributed by atoms with Gasteiger partial charge in [0.2, 0.25) is 0 Å². The van der Waals surface area contributed by atoms with E-state index >= 15 is 0 Å². The number of nitrogens with zero attached hydrogens (tertiary/aromatic N) is 2. The lowest BCUT2D eigenvalue weighted by atomic mass is 10.0. The first-order chi connectivity index (χ1) is 14.5. The van der Waals surface area contributed by atoms with E-state index in [1.807, 2.05) is 36.4 Å². The number of nitriles is 1. The summed E-state index contributed by atoms with van der Waals surface area (Å²) in [5.41, 5.74) is 2.49. The molecular weight excluding hydrogens is 495 g/mol. The van der Waals surface area contributed by atoms with Gasteiger partial charge in [-0.25, -0.2) is 0 Å². The standard InChI is InChI=1S/C23H17IN2O4/c1-29-22-12-17(10-19(14-25)18-8-5-9-20(13-18)26(27)28)11-21(24)23(22)30-15-16-6-3-2-4-7-16/h2-13H,15H2,1H3/b19-10-. The topological polar surface area (TPSA) is 85.4 Å². The van der Waals surface area contributed by atoms with Gasteiger partial charge in [-0.3, -0.25) is 10.1 Å². The maximum absolute atomic E-state index is 11.0. The minimum absolute atomic E-state index is 0.0644. The van der Waals surface area contributed by atoms with E-state index in [1.165, 1.54) is 12.1 Å². The molecule has 0 heterocycles. The summed E-state index contributed by atoms with van der Waals surface area (Å²) >= 11 is 2.16. The Balaban J connectivity index is 1.92. The molecule has 0 saturated carbocycles. The third-order valence-electron chi connectivity index (χ3n) is 4.28. The molecule has 0 aliphatic heterocycles. The first-order valence-corrected chi connectivity index (χ1v) is 10.0. The SMILES string of the molecule is COc1cc(/C=C(/C#N)c2cccc([N+](=O)[O-])c2)cc(I)c1OCc1ccccc1. The van der Waals surface area contributed by atoms with E-state index < -0.39 is 4.92 Å². The molecule has 0 radical (unpaired) electrons. The number of benzene rings is 3. The molecule has 0 aliphatic carbocycles. The Labute approximate surface area is 187 Å². The van der Waals surface area contributed by atoms with Crippen molar-refractivity contribution in [2.45, 2.75) is 6.61 Å². The van der Waals surface area contributed by atoms with Crippen LogP contribution in [0.25, 0.3) is 11.6 Å². The van der Waals surface area contributed by atoms with Crippen LogP contribution in [0, 0.1) is 25.0 Å². The van der Waals surface area contributed by atoms with Gasteiger partial charge in [-0.05, 0) is 57.5 Å². The van der Waals surface area contributed by atoms with Crippen LogP contribution in [0.1, 0.15) is 16.7 Å². The number of non-ortho nitro benzene ring substituents is 1. The maximum atomic E-state index is 11.0. The largest absolute Gasteiger partial charge is 0.493 e. The van der Waals surface area contributed by atoms with Crippen molar-refractivity contribution in [3.05, 3.63) is 97.1 Å². The van der Waals surface area contributed by atoms with Crippen molar-refractivity contribution in [1.82, 2.24) is 0 Å². The van der Waals surface area contributed by atoms with Gasteiger partial charge in [0.05, 0.1) is 27.2 Å². The second-order valence-electron chi connectivity index (χ2n) is 6.29. The minimum atomic E-state index is -0.483. The summed E-state index contributed by atoms with van der Waals surface area (Å²) in [6.07, 6.45) is 1.67. The van der Waals surface area contributed by atoms with Gasteiger partial charge in [0.15, 0.2) is 11.5 Å². The summed E-state index contributed by atoms with van der Waals surface area (Å²) in [5.74, 6) is 1.16. The molecule has 6 nitrogen and oxygen atoms in total. The van der Waals surface area contributed by atoms with Crippen LogP contribution >= 0.6 is 22.6 Å². The lowest BCUT2D eigenvalue weighted by Crippen LogP contribution is -2.00. The summed E-state index contributed by atoms with van der Waals surface area (Å²) in [6, 6.07) is 21.6. The monoisotopic (exact) mass is 512 g/mol. The number of rotatable bonds is 7. The Morgan fingerprint density at radius 2 is 1.93 bits per heavy atom.